The van der Waals surface area contributed by atoms with Crippen LogP contribution in [0, 0.1) is 6.92 Å². The van der Waals surface area contributed by atoms with E-state index in [4.69, 9.17) is 9.47 Å². The van der Waals surface area contributed by atoms with Crippen molar-refractivity contribution in [2.75, 3.05) is 38.2 Å². The van der Waals surface area contributed by atoms with Crippen LogP contribution in [0.25, 0.3) is 0 Å². The summed E-state index contributed by atoms with van der Waals surface area (Å²) in [6.45, 7) is 14.2. The van der Waals surface area contributed by atoms with Crippen LogP contribution in [0.5, 0.6) is 0 Å². The van der Waals surface area contributed by atoms with Crippen molar-refractivity contribution >= 4 is 34.2 Å². The van der Waals surface area contributed by atoms with Crippen LogP contribution in [-0.4, -0.2) is 50.7 Å². The smallest absolute Gasteiger partial charge is 0.348 e. The van der Waals surface area contributed by atoms with E-state index in [9.17, 15) is 14.4 Å². The zero-order valence-electron chi connectivity index (χ0n) is 16.1. The number of nitrogens with one attached hydrogen (secondary N) is 2. The molecule has 2 N–H and O–H groups in total. The molecule has 0 saturated heterocycles. The highest BCUT2D eigenvalue weighted by Gasteiger charge is 2.27. The van der Waals surface area contributed by atoms with Crippen molar-refractivity contribution in [3.05, 3.63) is 41.3 Å². The fraction of sp³-hybridized carbons (Fsp3) is 0.421. The molecule has 0 atom stereocenters. The van der Waals surface area contributed by atoms with E-state index in [1.807, 2.05) is 0 Å². The molecule has 0 aromatic carbocycles. The van der Waals surface area contributed by atoms with E-state index in [2.05, 4.69) is 18.5 Å². The van der Waals surface area contributed by atoms with E-state index < -0.39 is 11.9 Å². The first kappa shape index (κ1) is 22.6. The second kappa shape index (κ2) is 11.3. The molecule has 148 valence electrons. The van der Waals surface area contributed by atoms with Crippen LogP contribution in [0.2, 0.25) is 0 Å². The van der Waals surface area contributed by atoms with Gasteiger partial charge in [0.25, 0.3) is 5.91 Å². The van der Waals surface area contributed by atoms with Crippen molar-refractivity contribution in [1.82, 2.24) is 0 Å². The highest BCUT2D eigenvalue weighted by atomic mass is 32.1. The number of rotatable bonds is 11. The molecule has 7 nitrogen and oxygen atoms in total. The van der Waals surface area contributed by atoms with Crippen LogP contribution >= 0.6 is 11.3 Å². The Morgan fingerprint density at radius 3 is 2.15 bits per heavy atom. The van der Waals surface area contributed by atoms with Gasteiger partial charge in [0.1, 0.15) is 9.88 Å². The molecular formula is C19H27N2O5S+. The van der Waals surface area contributed by atoms with Gasteiger partial charge in [-0.05, 0) is 38.5 Å². The molecule has 27 heavy (non-hydrogen) atoms. The minimum atomic E-state index is -0.585. The number of amides is 1. The maximum Gasteiger partial charge on any atom is 0.348 e. The van der Waals surface area contributed by atoms with Crippen molar-refractivity contribution in [3.63, 3.8) is 0 Å². The second-order valence-corrected chi connectivity index (χ2v) is 6.68. The van der Waals surface area contributed by atoms with Gasteiger partial charge >= 0.3 is 11.9 Å². The zero-order valence-corrected chi connectivity index (χ0v) is 16.9. The van der Waals surface area contributed by atoms with Gasteiger partial charge in [0.2, 0.25) is 0 Å². The predicted octanol–water partition coefficient (Wildman–Crippen LogP) is 1.61. The number of quaternary nitrogens is 1. The Morgan fingerprint density at radius 1 is 1.07 bits per heavy atom. The summed E-state index contributed by atoms with van der Waals surface area (Å²) in [4.78, 5) is 38.2. The normalized spacial score (nSPS) is 10.4. The molecule has 1 amide bonds. The number of thiophene rings is 1. The molecule has 0 unspecified atom stereocenters. The summed E-state index contributed by atoms with van der Waals surface area (Å²) in [6.07, 6.45) is 3.45. The van der Waals surface area contributed by atoms with E-state index in [1.54, 1.807) is 32.9 Å². The Hall–Kier alpha value is -2.45. The zero-order chi connectivity index (χ0) is 20.4. The van der Waals surface area contributed by atoms with Crippen LogP contribution < -0.4 is 10.2 Å². The summed E-state index contributed by atoms with van der Waals surface area (Å²) in [5, 5.41) is 3.02. The minimum absolute atomic E-state index is 0.173. The monoisotopic (exact) mass is 395 g/mol. The van der Waals surface area contributed by atoms with Gasteiger partial charge in [-0.25, -0.2) is 9.59 Å². The van der Waals surface area contributed by atoms with Gasteiger partial charge in [0.05, 0.1) is 31.9 Å². The molecule has 0 radical (unpaired) electrons. The average Bonchev–Trinajstić information content (AvgIpc) is 2.92. The van der Waals surface area contributed by atoms with E-state index in [0.717, 1.165) is 16.2 Å². The second-order valence-electron chi connectivity index (χ2n) is 5.66. The van der Waals surface area contributed by atoms with E-state index in [0.29, 0.717) is 18.7 Å². The predicted molar refractivity (Wildman–Crippen MR) is 106 cm³/mol. The molecule has 1 aromatic heterocycles. The fourth-order valence-electron chi connectivity index (χ4n) is 2.48. The maximum atomic E-state index is 12.5. The molecule has 0 bridgehead atoms. The van der Waals surface area contributed by atoms with Gasteiger partial charge in [-0.1, -0.05) is 13.2 Å². The van der Waals surface area contributed by atoms with Gasteiger partial charge in [0.15, 0.2) is 6.54 Å². The molecule has 0 fully saturated rings. The van der Waals surface area contributed by atoms with Gasteiger partial charge in [0, 0.05) is 0 Å². The van der Waals surface area contributed by atoms with E-state index in [1.165, 1.54) is 0 Å². The lowest BCUT2D eigenvalue weighted by atomic mass is 10.1. The quantitative estimate of drug-likeness (QED) is 0.439. The van der Waals surface area contributed by atoms with Crippen LogP contribution in [0.1, 0.15) is 39.4 Å². The number of esters is 2. The van der Waals surface area contributed by atoms with Crippen molar-refractivity contribution in [3.8, 4) is 0 Å². The number of anilines is 1. The Balaban J connectivity index is 3.12. The Morgan fingerprint density at radius 2 is 1.63 bits per heavy atom. The standard InChI is InChI=1S/C19H26N2O5S/c1-6-10-21(11-7-2)12-14(22)20-17-15(18(23)25-8-3)13(5)16(27-17)19(24)26-9-4/h6-7H,1-2,8-12H2,3-5H3,(H,20,22)/p+1. The van der Waals surface area contributed by atoms with Crippen molar-refractivity contribution in [1.29, 1.82) is 0 Å². The molecule has 0 aliphatic carbocycles. The SMILES string of the molecule is C=CC[NH+](CC=C)CC(=O)Nc1sc(C(=O)OCC)c(C)c1C(=O)OCC. The summed E-state index contributed by atoms with van der Waals surface area (Å²) < 4.78 is 10.1. The number of hydrogen-bond donors (Lipinski definition) is 2. The summed E-state index contributed by atoms with van der Waals surface area (Å²) in [7, 11) is 0. The molecule has 0 aliphatic heterocycles. The topological polar surface area (TPSA) is 86.1 Å². The first-order chi connectivity index (χ1) is 12.9. The summed E-state index contributed by atoms with van der Waals surface area (Å²) in [6, 6.07) is 0. The lowest BCUT2D eigenvalue weighted by Gasteiger charge is -2.15. The first-order valence-corrected chi connectivity index (χ1v) is 9.53. The molecule has 1 heterocycles. The number of carbonyl (C=O) groups excluding carboxylic acids is 3. The third-order valence-corrected chi connectivity index (χ3v) is 4.80. The summed E-state index contributed by atoms with van der Waals surface area (Å²) >= 11 is 1.01. The van der Waals surface area contributed by atoms with Crippen molar-refractivity contribution in [2.24, 2.45) is 0 Å². The largest absolute Gasteiger partial charge is 0.462 e. The third-order valence-electron chi connectivity index (χ3n) is 3.62. The highest BCUT2D eigenvalue weighted by molar-refractivity contribution is 7.18. The van der Waals surface area contributed by atoms with Gasteiger partial charge in [-0.15, -0.1) is 11.3 Å². The summed E-state index contributed by atoms with van der Waals surface area (Å²) in [5.74, 6) is -1.40. The Kier molecular flexibility index (Phi) is 9.46. The molecule has 1 rings (SSSR count). The van der Waals surface area contributed by atoms with Crippen LogP contribution in [0.4, 0.5) is 5.00 Å². The number of ether oxygens (including phenoxy) is 2. The van der Waals surface area contributed by atoms with Crippen LogP contribution in [-0.2, 0) is 14.3 Å². The van der Waals surface area contributed by atoms with E-state index >= 15 is 0 Å². The highest BCUT2D eigenvalue weighted by Crippen LogP contribution is 2.34. The number of hydrogen-bond acceptors (Lipinski definition) is 6. The van der Waals surface area contributed by atoms with Crippen LogP contribution in [0.15, 0.2) is 25.3 Å². The number of carbonyl (C=O) groups is 3. The minimum Gasteiger partial charge on any atom is -0.462 e. The first-order valence-electron chi connectivity index (χ1n) is 8.72. The average molecular weight is 396 g/mol. The Bertz CT molecular complexity index is 701. The van der Waals surface area contributed by atoms with Crippen molar-refractivity contribution < 1.29 is 28.8 Å². The molecule has 0 saturated carbocycles. The lowest BCUT2D eigenvalue weighted by Crippen LogP contribution is -3.12. The lowest BCUT2D eigenvalue weighted by molar-refractivity contribution is -0.879. The maximum absolute atomic E-state index is 12.5. The molecule has 8 heteroatoms. The fourth-order valence-corrected chi connectivity index (χ4v) is 3.58. The van der Waals surface area contributed by atoms with Crippen LogP contribution in [0.3, 0.4) is 0 Å². The van der Waals surface area contributed by atoms with Gasteiger partial charge < -0.3 is 19.7 Å². The van der Waals surface area contributed by atoms with Gasteiger partial charge in [-0.3, -0.25) is 4.79 Å². The Labute approximate surface area is 163 Å². The van der Waals surface area contributed by atoms with Gasteiger partial charge in [-0.2, -0.15) is 0 Å². The molecule has 1 aromatic rings. The molecule has 0 spiro atoms. The molecular weight excluding hydrogens is 368 g/mol. The molecule has 0 aliphatic rings. The van der Waals surface area contributed by atoms with E-state index in [-0.39, 0.29) is 41.1 Å². The van der Waals surface area contributed by atoms with Crippen molar-refractivity contribution in [2.45, 2.75) is 20.8 Å². The summed E-state index contributed by atoms with van der Waals surface area (Å²) in [5.41, 5.74) is 0.626. The third kappa shape index (κ3) is 6.33.